The molecule has 5 heteroatoms. The van der Waals surface area contributed by atoms with E-state index in [0.29, 0.717) is 16.0 Å². The molecule has 1 aromatic heterocycles. The second-order valence-electron chi connectivity index (χ2n) is 3.31. The first-order chi connectivity index (χ1) is 8.09. The number of aliphatic carboxylic acids is 1. The van der Waals surface area contributed by atoms with Gasteiger partial charge in [0, 0.05) is 6.08 Å². The zero-order valence-corrected chi connectivity index (χ0v) is 9.27. The highest BCUT2D eigenvalue weighted by molar-refractivity contribution is 6.34. The van der Waals surface area contributed by atoms with Crippen LogP contribution in [0.2, 0.25) is 5.02 Å². The molecule has 0 aliphatic rings. The lowest BCUT2D eigenvalue weighted by atomic mass is 10.1. The molecule has 2 rings (SSSR count). The van der Waals surface area contributed by atoms with Crippen LogP contribution < -0.4 is 5.43 Å². The van der Waals surface area contributed by atoms with E-state index in [2.05, 4.69) is 0 Å². The van der Waals surface area contributed by atoms with E-state index in [1.54, 1.807) is 18.2 Å². The molecule has 0 saturated heterocycles. The minimum atomic E-state index is -1.13. The molecule has 0 atom stereocenters. The molecule has 0 unspecified atom stereocenters. The molecule has 0 aliphatic heterocycles. The molecule has 0 bridgehead atoms. The summed E-state index contributed by atoms with van der Waals surface area (Å²) in [6, 6.07) is 4.82. The first kappa shape index (κ1) is 11.4. The topological polar surface area (TPSA) is 67.5 Å². The van der Waals surface area contributed by atoms with Crippen molar-refractivity contribution >= 4 is 34.6 Å². The molecule has 17 heavy (non-hydrogen) atoms. The molecule has 1 aromatic carbocycles. The van der Waals surface area contributed by atoms with Gasteiger partial charge in [0.1, 0.15) is 6.26 Å². The number of hydrogen-bond donors (Lipinski definition) is 1. The van der Waals surface area contributed by atoms with E-state index in [4.69, 9.17) is 21.1 Å². The molecule has 1 heterocycles. The summed E-state index contributed by atoms with van der Waals surface area (Å²) in [4.78, 5) is 22.3. The normalized spacial score (nSPS) is 11.1. The van der Waals surface area contributed by atoms with Crippen LogP contribution in [0.1, 0.15) is 5.56 Å². The van der Waals surface area contributed by atoms with E-state index < -0.39 is 5.97 Å². The average molecular weight is 251 g/mol. The molecule has 0 spiro atoms. The van der Waals surface area contributed by atoms with Crippen molar-refractivity contribution in [3.05, 3.63) is 51.3 Å². The van der Waals surface area contributed by atoms with Gasteiger partial charge in [0.15, 0.2) is 11.0 Å². The number of carboxylic acids is 1. The van der Waals surface area contributed by atoms with Crippen molar-refractivity contribution in [2.24, 2.45) is 0 Å². The van der Waals surface area contributed by atoms with E-state index in [-0.39, 0.29) is 11.0 Å². The Morgan fingerprint density at radius 3 is 2.88 bits per heavy atom. The van der Waals surface area contributed by atoms with Crippen molar-refractivity contribution in [1.82, 2.24) is 0 Å². The van der Waals surface area contributed by atoms with Gasteiger partial charge in [-0.15, -0.1) is 0 Å². The third-order valence-corrected chi connectivity index (χ3v) is 2.48. The fourth-order valence-electron chi connectivity index (χ4n) is 1.41. The number of hydrogen-bond acceptors (Lipinski definition) is 3. The Morgan fingerprint density at radius 2 is 2.18 bits per heavy atom. The maximum atomic E-state index is 11.9. The van der Waals surface area contributed by atoms with E-state index in [9.17, 15) is 9.59 Å². The Labute approximate surface area is 101 Å². The molecule has 86 valence electrons. The highest BCUT2D eigenvalue weighted by Gasteiger charge is 2.07. The number of rotatable bonds is 2. The van der Waals surface area contributed by atoms with Crippen LogP contribution in [0.4, 0.5) is 0 Å². The monoisotopic (exact) mass is 250 g/mol. The SMILES string of the molecule is O=C(O)/C=C/c1coc2c(Cl)cccc2c1=O. The summed E-state index contributed by atoms with van der Waals surface area (Å²) in [6.07, 6.45) is 3.26. The van der Waals surface area contributed by atoms with Crippen LogP contribution in [-0.4, -0.2) is 11.1 Å². The van der Waals surface area contributed by atoms with Crippen molar-refractivity contribution in [3.63, 3.8) is 0 Å². The van der Waals surface area contributed by atoms with E-state index in [0.717, 1.165) is 6.08 Å². The molecule has 0 fully saturated rings. The molecule has 0 amide bonds. The maximum absolute atomic E-state index is 11.9. The smallest absolute Gasteiger partial charge is 0.328 e. The van der Waals surface area contributed by atoms with Crippen LogP contribution in [0.5, 0.6) is 0 Å². The lowest BCUT2D eigenvalue weighted by Gasteiger charge is -1.99. The predicted octanol–water partition coefficient (Wildman–Crippen LogP) is 2.54. The Hall–Kier alpha value is -2.07. The van der Waals surface area contributed by atoms with Gasteiger partial charge >= 0.3 is 5.97 Å². The highest BCUT2D eigenvalue weighted by Crippen LogP contribution is 2.21. The van der Waals surface area contributed by atoms with Gasteiger partial charge < -0.3 is 9.52 Å². The summed E-state index contributed by atoms with van der Waals surface area (Å²) in [6.45, 7) is 0. The van der Waals surface area contributed by atoms with Crippen molar-refractivity contribution in [1.29, 1.82) is 0 Å². The van der Waals surface area contributed by atoms with Crippen molar-refractivity contribution in [2.75, 3.05) is 0 Å². The van der Waals surface area contributed by atoms with Gasteiger partial charge in [-0.1, -0.05) is 17.7 Å². The molecule has 0 saturated carbocycles. The zero-order valence-electron chi connectivity index (χ0n) is 8.51. The van der Waals surface area contributed by atoms with Crippen LogP contribution in [0.25, 0.3) is 17.0 Å². The van der Waals surface area contributed by atoms with Crippen LogP contribution in [-0.2, 0) is 4.79 Å². The number of carboxylic acid groups (broad SMARTS) is 1. The lowest BCUT2D eigenvalue weighted by Crippen LogP contribution is -2.05. The van der Waals surface area contributed by atoms with Crippen LogP contribution >= 0.6 is 11.6 Å². The summed E-state index contributed by atoms with van der Waals surface area (Å²) in [7, 11) is 0. The average Bonchev–Trinajstić information content (AvgIpc) is 2.29. The van der Waals surface area contributed by atoms with Gasteiger partial charge in [-0.25, -0.2) is 4.79 Å². The third kappa shape index (κ3) is 2.21. The number of fused-ring (bicyclic) bond motifs is 1. The maximum Gasteiger partial charge on any atom is 0.328 e. The largest absolute Gasteiger partial charge is 0.478 e. The summed E-state index contributed by atoms with van der Waals surface area (Å²) in [5.41, 5.74) is 0.153. The summed E-state index contributed by atoms with van der Waals surface area (Å²) < 4.78 is 5.21. The number of para-hydroxylation sites is 1. The fourth-order valence-corrected chi connectivity index (χ4v) is 1.63. The van der Waals surface area contributed by atoms with E-state index in [1.807, 2.05) is 0 Å². The standard InChI is InChI=1S/C12H7ClO4/c13-9-3-1-2-8-11(16)7(4-5-10(14)15)6-17-12(8)9/h1-6H,(H,14,15)/b5-4+. The second kappa shape index (κ2) is 4.43. The second-order valence-corrected chi connectivity index (χ2v) is 3.72. The molecule has 0 aliphatic carbocycles. The quantitative estimate of drug-likeness (QED) is 0.832. The number of carbonyl (C=O) groups is 1. The Kier molecular flexibility index (Phi) is 2.97. The predicted molar refractivity (Wildman–Crippen MR) is 64.2 cm³/mol. The van der Waals surface area contributed by atoms with Crippen LogP contribution in [0, 0.1) is 0 Å². The lowest BCUT2D eigenvalue weighted by molar-refractivity contribution is -0.131. The minimum Gasteiger partial charge on any atom is -0.478 e. The Bertz CT molecular complexity index is 670. The first-order valence-electron chi connectivity index (χ1n) is 4.70. The highest BCUT2D eigenvalue weighted by atomic mass is 35.5. The van der Waals surface area contributed by atoms with Gasteiger partial charge in [0.05, 0.1) is 16.0 Å². The first-order valence-corrected chi connectivity index (χ1v) is 5.08. The van der Waals surface area contributed by atoms with Gasteiger partial charge in [0.25, 0.3) is 0 Å². The van der Waals surface area contributed by atoms with Gasteiger partial charge in [-0.2, -0.15) is 0 Å². The van der Waals surface area contributed by atoms with Crippen LogP contribution in [0.15, 0.2) is 39.7 Å². The van der Waals surface area contributed by atoms with Crippen molar-refractivity contribution in [2.45, 2.75) is 0 Å². The molecular weight excluding hydrogens is 244 g/mol. The zero-order chi connectivity index (χ0) is 12.4. The summed E-state index contributed by atoms with van der Waals surface area (Å²) in [5, 5.41) is 9.15. The van der Waals surface area contributed by atoms with Gasteiger partial charge in [-0.05, 0) is 18.2 Å². The Morgan fingerprint density at radius 1 is 1.41 bits per heavy atom. The van der Waals surface area contributed by atoms with E-state index >= 15 is 0 Å². The van der Waals surface area contributed by atoms with Crippen LogP contribution in [0.3, 0.4) is 0 Å². The molecule has 1 N–H and O–H groups in total. The van der Waals surface area contributed by atoms with E-state index in [1.165, 1.54) is 12.3 Å². The number of benzene rings is 1. The van der Waals surface area contributed by atoms with Crippen molar-refractivity contribution in [3.8, 4) is 0 Å². The van der Waals surface area contributed by atoms with Gasteiger partial charge in [-0.3, -0.25) is 4.79 Å². The molecule has 4 nitrogen and oxygen atoms in total. The van der Waals surface area contributed by atoms with Crippen molar-refractivity contribution < 1.29 is 14.3 Å². The summed E-state index contributed by atoms with van der Waals surface area (Å²) in [5.74, 6) is -1.13. The Balaban J connectivity index is 2.67. The minimum absolute atomic E-state index is 0.169. The molecular formula is C12H7ClO4. The number of halogens is 1. The fraction of sp³-hybridized carbons (Fsp3) is 0. The molecule has 0 radical (unpaired) electrons. The molecule has 2 aromatic rings. The van der Waals surface area contributed by atoms with Gasteiger partial charge in [0.2, 0.25) is 0 Å². The summed E-state index contributed by atoms with van der Waals surface area (Å²) >= 11 is 5.86. The third-order valence-electron chi connectivity index (χ3n) is 2.18.